The summed E-state index contributed by atoms with van der Waals surface area (Å²) in [5, 5.41) is 20.5. The van der Waals surface area contributed by atoms with Crippen LogP contribution in [0.3, 0.4) is 0 Å². The zero-order valence-corrected chi connectivity index (χ0v) is 12.8. The van der Waals surface area contributed by atoms with Crippen LogP contribution in [0.1, 0.15) is 16.8 Å². The van der Waals surface area contributed by atoms with Crippen LogP contribution in [0.4, 0.5) is 0 Å². The van der Waals surface area contributed by atoms with Gasteiger partial charge in [-0.05, 0) is 25.1 Å². The highest BCUT2D eigenvalue weighted by molar-refractivity contribution is 9.09. The predicted molar refractivity (Wildman–Crippen MR) is 80.5 cm³/mol. The number of hydrogen-bond donors (Lipinski definition) is 2. The van der Waals surface area contributed by atoms with Crippen molar-refractivity contribution in [3.05, 3.63) is 23.8 Å². The van der Waals surface area contributed by atoms with Gasteiger partial charge in [-0.25, -0.2) is 0 Å². The number of alkyl halides is 1. The van der Waals surface area contributed by atoms with Crippen molar-refractivity contribution in [1.82, 2.24) is 9.80 Å². The van der Waals surface area contributed by atoms with Gasteiger partial charge in [0.15, 0.2) is 0 Å². The summed E-state index contributed by atoms with van der Waals surface area (Å²) < 4.78 is 0. The average Bonchev–Trinajstić information content (AvgIpc) is 2.64. The van der Waals surface area contributed by atoms with Crippen molar-refractivity contribution in [3.63, 3.8) is 0 Å². The van der Waals surface area contributed by atoms with Gasteiger partial charge >= 0.3 is 0 Å². The van der Waals surface area contributed by atoms with Crippen LogP contribution in [0.15, 0.2) is 18.2 Å². The molecule has 1 aliphatic heterocycles. The van der Waals surface area contributed by atoms with Crippen LogP contribution in [0.25, 0.3) is 0 Å². The number of aromatic hydroxyl groups is 2. The molecule has 0 unspecified atom stereocenters. The minimum atomic E-state index is -0.304. The Labute approximate surface area is 126 Å². The Morgan fingerprint density at radius 1 is 1.15 bits per heavy atom. The Balaban J connectivity index is 2.10. The van der Waals surface area contributed by atoms with Crippen LogP contribution in [-0.4, -0.2) is 64.0 Å². The lowest BCUT2D eigenvalue weighted by Crippen LogP contribution is -2.35. The second kappa shape index (κ2) is 6.95. The van der Waals surface area contributed by atoms with Crippen LogP contribution < -0.4 is 0 Å². The van der Waals surface area contributed by atoms with E-state index in [0.29, 0.717) is 13.1 Å². The largest absolute Gasteiger partial charge is 0.507 e. The number of nitrogens with zero attached hydrogens (tertiary/aromatic N) is 2. The minimum absolute atomic E-state index is 0.00133. The average molecular weight is 343 g/mol. The molecule has 0 radical (unpaired) electrons. The molecular weight excluding hydrogens is 324 g/mol. The van der Waals surface area contributed by atoms with Crippen molar-refractivity contribution in [1.29, 1.82) is 0 Å². The maximum Gasteiger partial charge on any atom is 0.261 e. The molecule has 0 saturated carbocycles. The third-order valence-corrected chi connectivity index (χ3v) is 3.87. The first-order valence-electron chi connectivity index (χ1n) is 6.72. The SMILES string of the molecule is O=C(c1c(O)cccc1O)N1CCCN(CCBr)CC1. The normalized spacial score (nSPS) is 16.9. The molecule has 5 nitrogen and oxygen atoms in total. The van der Waals surface area contributed by atoms with E-state index < -0.39 is 0 Å². The van der Waals surface area contributed by atoms with Crippen molar-refractivity contribution in [3.8, 4) is 11.5 Å². The summed E-state index contributed by atoms with van der Waals surface area (Å²) in [6, 6.07) is 4.35. The van der Waals surface area contributed by atoms with Crippen LogP contribution in [0, 0.1) is 0 Å². The number of phenolic OH excluding ortho intramolecular Hbond substituents is 2. The molecule has 1 heterocycles. The molecule has 1 aliphatic rings. The Morgan fingerprint density at radius 3 is 2.50 bits per heavy atom. The molecule has 1 saturated heterocycles. The molecule has 0 atom stereocenters. The molecule has 2 rings (SSSR count). The zero-order chi connectivity index (χ0) is 14.5. The fourth-order valence-electron chi connectivity index (χ4n) is 2.42. The summed E-state index contributed by atoms with van der Waals surface area (Å²) in [6.45, 7) is 3.99. The van der Waals surface area contributed by atoms with Crippen LogP contribution in [0.5, 0.6) is 11.5 Å². The van der Waals surface area contributed by atoms with E-state index in [2.05, 4.69) is 20.8 Å². The van der Waals surface area contributed by atoms with E-state index in [1.807, 2.05) is 0 Å². The number of benzene rings is 1. The van der Waals surface area contributed by atoms with Crippen molar-refractivity contribution in [2.75, 3.05) is 38.1 Å². The predicted octanol–water partition coefficient (Wildman–Crippen LogP) is 1.64. The molecule has 0 bridgehead atoms. The van der Waals surface area contributed by atoms with E-state index >= 15 is 0 Å². The number of hydrogen-bond acceptors (Lipinski definition) is 4. The minimum Gasteiger partial charge on any atom is -0.507 e. The zero-order valence-electron chi connectivity index (χ0n) is 11.3. The Kier molecular flexibility index (Phi) is 5.25. The number of phenols is 2. The van der Waals surface area contributed by atoms with Gasteiger partial charge in [-0.3, -0.25) is 4.79 Å². The summed E-state index contributed by atoms with van der Waals surface area (Å²) in [5.74, 6) is -0.644. The molecule has 1 aromatic carbocycles. The number of halogens is 1. The third kappa shape index (κ3) is 3.43. The molecule has 1 amide bonds. The second-order valence-corrected chi connectivity index (χ2v) is 5.64. The van der Waals surface area contributed by atoms with Gasteiger partial charge in [0.25, 0.3) is 5.91 Å². The highest BCUT2D eigenvalue weighted by Gasteiger charge is 2.24. The lowest BCUT2D eigenvalue weighted by atomic mass is 10.1. The molecule has 0 spiro atoms. The van der Waals surface area contributed by atoms with E-state index in [1.165, 1.54) is 18.2 Å². The van der Waals surface area contributed by atoms with Crippen LogP contribution >= 0.6 is 15.9 Å². The quantitative estimate of drug-likeness (QED) is 0.819. The van der Waals surface area contributed by atoms with Gasteiger partial charge in [0, 0.05) is 31.5 Å². The number of carbonyl (C=O) groups is 1. The molecule has 6 heteroatoms. The summed E-state index contributed by atoms with van der Waals surface area (Å²) in [4.78, 5) is 16.4. The van der Waals surface area contributed by atoms with Crippen LogP contribution in [-0.2, 0) is 0 Å². The fraction of sp³-hybridized carbons (Fsp3) is 0.500. The van der Waals surface area contributed by atoms with Gasteiger partial charge in [0.2, 0.25) is 0 Å². The smallest absolute Gasteiger partial charge is 0.261 e. The van der Waals surface area contributed by atoms with E-state index in [0.717, 1.165) is 31.4 Å². The molecule has 20 heavy (non-hydrogen) atoms. The maximum absolute atomic E-state index is 12.4. The van der Waals surface area contributed by atoms with Crippen LogP contribution in [0.2, 0.25) is 0 Å². The number of rotatable bonds is 3. The summed E-state index contributed by atoms with van der Waals surface area (Å²) >= 11 is 3.42. The molecule has 2 N–H and O–H groups in total. The third-order valence-electron chi connectivity index (χ3n) is 3.51. The lowest BCUT2D eigenvalue weighted by molar-refractivity contribution is 0.0755. The molecule has 110 valence electrons. The highest BCUT2D eigenvalue weighted by atomic mass is 79.9. The Bertz CT molecular complexity index is 461. The van der Waals surface area contributed by atoms with Crippen molar-refractivity contribution in [2.24, 2.45) is 0 Å². The first-order chi connectivity index (χ1) is 9.63. The number of carbonyl (C=O) groups excluding carboxylic acids is 1. The van der Waals surface area contributed by atoms with E-state index in [-0.39, 0.29) is 23.0 Å². The monoisotopic (exact) mass is 342 g/mol. The van der Waals surface area contributed by atoms with Gasteiger partial charge in [-0.15, -0.1) is 0 Å². The number of amides is 1. The standard InChI is InChI=1S/C14H19BrN2O3/c15-5-8-16-6-2-7-17(10-9-16)14(20)13-11(18)3-1-4-12(13)19/h1,3-4,18-19H,2,5-10H2. The fourth-order valence-corrected chi connectivity index (χ4v) is 2.92. The summed E-state index contributed by atoms with van der Waals surface area (Å²) in [7, 11) is 0. The first kappa shape index (κ1) is 15.1. The van der Waals surface area contributed by atoms with Gasteiger partial charge < -0.3 is 20.0 Å². The van der Waals surface area contributed by atoms with Crippen molar-refractivity contribution >= 4 is 21.8 Å². The highest BCUT2D eigenvalue weighted by Crippen LogP contribution is 2.28. The summed E-state index contributed by atoms with van der Waals surface area (Å²) in [6.07, 6.45) is 0.896. The molecular formula is C14H19BrN2O3. The van der Waals surface area contributed by atoms with E-state index in [4.69, 9.17) is 0 Å². The topological polar surface area (TPSA) is 64.0 Å². The lowest BCUT2D eigenvalue weighted by Gasteiger charge is -2.22. The van der Waals surface area contributed by atoms with Gasteiger partial charge in [-0.1, -0.05) is 22.0 Å². The Morgan fingerprint density at radius 2 is 1.85 bits per heavy atom. The Hall–Kier alpha value is -1.27. The molecule has 1 aromatic rings. The first-order valence-corrected chi connectivity index (χ1v) is 7.84. The summed E-state index contributed by atoms with van der Waals surface area (Å²) in [5.41, 5.74) is 0.00133. The molecule has 1 fully saturated rings. The van der Waals surface area contributed by atoms with E-state index in [9.17, 15) is 15.0 Å². The van der Waals surface area contributed by atoms with Gasteiger partial charge in [0.1, 0.15) is 17.1 Å². The molecule has 0 aromatic heterocycles. The second-order valence-electron chi connectivity index (χ2n) is 4.85. The van der Waals surface area contributed by atoms with E-state index in [1.54, 1.807) is 4.90 Å². The van der Waals surface area contributed by atoms with Crippen molar-refractivity contribution in [2.45, 2.75) is 6.42 Å². The maximum atomic E-state index is 12.4. The molecule has 0 aliphatic carbocycles. The van der Waals surface area contributed by atoms with Gasteiger partial charge in [-0.2, -0.15) is 0 Å². The van der Waals surface area contributed by atoms with Gasteiger partial charge in [0.05, 0.1) is 0 Å². The van der Waals surface area contributed by atoms with Crippen molar-refractivity contribution < 1.29 is 15.0 Å².